The number of halogens is 2. The molecule has 1 aromatic heterocycles. The number of hydrogen-bond donors (Lipinski definition) is 2. The summed E-state index contributed by atoms with van der Waals surface area (Å²) in [6, 6.07) is 0.331. The molecule has 2 bridgehead atoms. The number of fused-ring (bicyclic) bond motifs is 2. The zero-order chi connectivity index (χ0) is 16.4. The smallest absolute Gasteiger partial charge is 0.223 e. The van der Waals surface area contributed by atoms with Gasteiger partial charge in [0.25, 0.3) is 0 Å². The number of aromatic nitrogens is 1. The summed E-state index contributed by atoms with van der Waals surface area (Å²) in [5.74, 6) is 2.00. The van der Waals surface area contributed by atoms with E-state index < -0.39 is 0 Å². The molecule has 7 heteroatoms. The second kappa shape index (κ2) is 10.1. The van der Waals surface area contributed by atoms with E-state index in [2.05, 4.69) is 29.5 Å². The van der Waals surface area contributed by atoms with Crippen molar-refractivity contribution in [2.24, 2.45) is 23.5 Å². The molecule has 3 rings (SSSR count). The third kappa shape index (κ3) is 5.56. The van der Waals surface area contributed by atoms with Gasteiger partial charge in [-0.05, 0) is 37.5 Å². The van der Waals surface area contributed by atoms with Gasteiger partial charge < -0.3 is 11.1 Å². The number of thiazole rings is 1. The van der Waals surface area contributed by atoms with Gasteiger partial charge >= 0.3 is 0 Å². The molecule has 2 atom stereocenters. The maximum Gasteiger partial charge on any atom is 0.223 e. The predicted octanol–water partition coefficient (Wildman–Crippen LogP) is 3.92. The Balaban J connectivity index is 0.00000156. The van der Waals surface area contributed by atoms with E-state index in [1.165, 1.54) is 24.3 Å². The van der Waals surface area contributed by atoms with Crippen molar-refractivity contribution in [2.45, 2.75) is 64.3 Å². The quantitative estimate of drug-likeness (QED) is 0.776. The SMILES string of the molecule is CC(C)c1nc(CCNC(=O)C2CC3CCCC(C2)C3N)cs1.Cl.Cl. The lowest BCUT2D eigenvalue weighted by Crippen LogP contribution is -2.49. The first-order valence-electron chi connectivity index (χ1n) is 9.02. The molecule has 2 saturated carbocycles. The minimum atomic E-state index is 0. The number of nitrogens with one attached hydrogen (secondary N) is 1. The first-order chi connectivity index (χ1) is 11.0. The largest absolute Gasteiger partial charge is 0.355 e. The van der Waals surface area contributed by atoms with Crippen LogP contribution in [-0.4, -0.2) is 23.5 Å². The Labute approximate surface area is 167 Å². The molecule has 1 heterocycles. The van der Waals surface area contributed by atoms with E-state index in [0.717, 1.165) is 25.0 Å². The van der Waals surface area contributed by atoms with Gasteiger partial charge in [0.15, 0.2) is 0 Å². The number of amides is 1. The minimum Gasteiger partial charge on any atom is -0.355 e. The van der Waals surface area contributed by atoms with Gasteiger partial charge in [0.1, 0.15) is 0 Å². The summed E-state index contributed by atoms with van der Waals surface area (Å²) in [7, 11) is 0. The molecule has 25 heavy (non-hydrogen) atoms. The number of carbonyl (C=O) groups excluding carboxylic acids is 1. The van der Waals surface area contributed by atoms with E-state index in [4.69, 9.17) is 5.73 Å². The number of nitrogens with two attached hydrogens (primary N) is 1. The molecule has 3 N–H and O–H groups in total. The fourth-order valence-electron chi connectivity index (χ4n) is 4.16. The Morgan fingerprint density at radius 1 is 1.32 bits per heavy atom. The van der Waals surface area contributed by atoms with Gasteiger partial charge in [0, 0.05) is 36.2 Å². The van der Waals surface area contributed by atoms with Gasteiger partial charge in [0.2, 0.25) is 5.91 Å². The highest BCUT2D eigenvalue weighted by molar-refractivity contribution is 7.09. The molecule has 0 radical (unpaired) electrons. The molecule has 2 aliphatic rings. The molecule has 2 aliphatic carbocycles. The lowest BCUT2D eigenvalue weighted by Gasteiger charge is -2.43. The lowest BCUT2D eigenvalue weighted by molar-refractivity contribution is -0.127. The number of rotatable bonds is 5. The monoisotopic (exact) mass is 407 g/mol. The van der Waals surface area contributed by atoms with Crippen LogP contribution in [0.15, 0.2) is 5.38 Å². The molecule has 4 nitrogen and oxygen atoms in total. The Bertz CT molecular complexity index is 538. The molecule has 0 aliphatic heterocycles. The van der Waals surface area contributed by atoms with Crippen LogP contribution in [-0.2, 0) is 11.2 Å². The fourth-order valence-corrected chi connectivity index (χ4v) is 5.03. The van der Waals surface area contributed by atoms with Crippen molar-refractivity contribution in [1.29, 1.82) is 0 Å². The van der Waals surface area contributed by atoms with Crippen LogP contribution in [0.4, 0.5) is 0 Å². The molecule has 144 valence electrons. The molecule has 0 saturated heterocycles. The second-order valence-corrected chi connectivity index (χ2v) is 8.46. The van der Waals surface area contributed by atoms with E-state index in [1.807, 2.05) is 0 Å². The van der Waals surface area contributed by atoms with Crippen molar-refractivity contribution < 1.29 is 4.79 Å². The summed E-state index contributed by atoms with van der Waals surface area (Å²) < 4.78 is 0. The van der Waals surface area contributed by atoms with E-state index in [0.29, 0.717) is 30.3 Å². The van der Waals surface area contributed by atoms with Gasteiger partial charge in [-0.25, -0.2) is 4.98 Å². The predicted molar refractivity (Wildman–Crippen MR) is 109 cm³/mol. The van der Waals surface area contributed by atoms with Crippen molar-refractivity contribution in [1.82, 2.24) is 10.3 Å². The van der Waals surface area contributed by atoms with Crippen molar-refractivity contribution in [2.75, 3.05) is 6.54 Å². The van der Waals surface area contributed by atoms with Crippen LogP contribution in [0.3, 0.4) is 0 Å². The first-order valence-corrected chi connectivity index (χ1v) is 9.90. The summed E-state index contributed by atoms with van der Waals surface area (Å²) in [4.78, 5) is 17.1. The number of hydrogen-bond acceptors (Lipinski definition) is 4. The fraction of sp³-hybridized carbons (Fsp3) is 0.778. The van der Waals surface area contributed by atoms with Crippen molar-refractivity contribution in [3.05, 3.63) is 16.1 Å². The van der Waals surface area contributed by atoms with E-state index in [1.54, 1.807) is 11.3 Å². The standard InChI is InChI=1S/C18H29N3OS.2ClH/c1-11(2)18-21-15(10-23-18)6-7-20-17(22)14-8-12-4-3-5-13(9-14)16(12)19;;/h10-14,16H,3-9,19H2,1-2H3,(H,20,22);2*1H. The zero-order valence-electron chi connectivity index (χ0n) is 15.1. The molecular formula is C18H31Cl2N3OS. The first kappa shape index (κ1) is 22.7. The third-order valence-electron chi connectivity index (χ3n) is 5.53. The highest BCUT2D eigenvalue weighted by Crippen LogP contribution is 2.41. The van der Waals surface area contributed by atoms with Crippen LogP contribution in [0.1, 0.15) is 62.6 Å². The van der Waals surface area contributed by atoms with E-state index in [9.17, 15) is 4.79 Å². The molecular weight excluding hydrogens is 377 g/mol. The third-order valence-corrected chi connectivity index (χ3v) is 6.72. The van der Waals surface area contributed by atoms with Gasteiger partial charge in [-0.15, -0.1) is 36.2 Å². The van der Waals surface area contributed by atoms with Crippen molar-refractivity contribution in [3.63, 3.8) is 0 Å². The van der Waals surface area contributed by atoms with Gasteiger partial charge in [-0.2, -0.15) is 0 Å². The second-order valence-electron chi connectivity index (χ2n) is 7.57. The van der Waals surface area contributed by atoms with Crippen LogP contribution < -0.4 is 11.1 Å². The van der Waals surface area contributed by atoms with Crippen LogP contribution in [0.25, 0.3) is 0 Å². The summed E-state index contributed by atoms with van der Waals surface area (Å²) in [6.07, 6.45) is 6.50. The van der Waals surface area contributed by atoms with Crippen molar-refractivity contribution >= 4 is 42.1 Å². The Morgan fingerprint density at radius 3 is 2.52 bits per heavy atom. The summed E-state index contributed by atoms with van der Waals surface area (Å²) in [5.41, 5.74) is 7.41. The van der Waals surface area contributed by atoms with E-state index >= 15 is 0 Å². The van der Waals surface area contributed by atoms with Crippen molar-refractivity contribution in [3.8, 4) is 0 Å². The van der Waals surface area contributed by atoms with Crippen LogP contribution in [0, 0.1) is 17.8 Å². The van der Waals surface area contributed by atoms with Crippen LogP contribution in [0.5, 0.6) is 0 Å². The summed E-state index contributed by atoms with van der Waals surface area (Å²) >= 11 is 1.72. The maximum atomic E-state index is 12.5. The topological polar surface area (TPSA) is 68.0 Å². The minimum absolute atomic E-state index is 0. The maximum absolute atomic E-state index is 12.5. The van der Waals surface area contributed by atoms with E-state index in [-0.39, 0.29) is 36.6 Å². The summed E-state index contributed by atoms with van der Waals surface area (Å²) in [6.45, 7) is 5.02. The number of carbonyl (C=O) groups is 1. The van der Waals surface area contributed by atoms with Gasteiger partial charge in [-0.1, -0.05) is 20.3 Å². The molecule has 0 spiro atoms. The molecule has 1 aromatic rings. The zero-order valence-corrected chi connectivity index (χ0v) is 17.5. The Hall–Kier alpha value is -0.360. The number of nitrogens with zero attached hydrogens (tertiary/aromatic N) is 1. The Morgan fingerprint density at radius 2 is 1.96 bits per heavy atom. The van der Waals surface area contributed by atoms with Gasteiger partial charge in [-0.3, -0.25) is 4.79 Å². The molecule has 0 aromatic carbocycles. The Kier molecular flexibility index (Phi) is 9.16. The molecule has 2 fully saturated rings. The summed E-state index contributed by atoms with van der Waals surface area (Å²) in [5, 5.41) is 6.43. The normalized spacial score (nSPS) is 28.0. The van der Waals surface area contributed by atoms with Crippen LogP contribution >= 0.6 is 36.2 Å². The molecule has 2 unspecified atom stereocenters. The lowest BCUT2D eigenvalue weighted by atomic mass is 9.65. The highest BCUT2D eigenvalue weighted by atomic mass is 35.5. The highest BCUT2D eigenvalue weighted by Gasteiger charge is 2.40. The average molecular weight is 408 g/mol. The van der Waals surface area contributed by atoms with Crippen LogP contribution in [0.2, 0.25) is 0 Å². The molecule has 1 amide bonds. The van der Waals surface area contributed by atoms with Gasteiger partial charge in [0.05, 0.1) is 10.7 Å². The average Bonchev–Trinajstić information content (AvgIpc) is 2.96.